The predicted molar refractivity (Wildman–Crippen MR) is 272 cm³/mol. The Morgan fingerprint density at radius 2 is 1.11 bits per heavy atom. The summed E-state index contributed by atoms with van der Waals surface area (Å²) in [5.74, 6) is -10.4. The minimum absolute atomic E-state index is 0.00356. The number of guanidine groups is 1. The van der Waals surface area contributed by atoms with Crippen molar-refractivity contribution in [1.82, 2.24) is 42.1 Å². The van der Waals surface area contributed by atoms with Crippen LogP contribution in [0.1, 0.15) is 83.8 Å². The van der Waals surface area contributed by atoms with Crippen LogP contribution < -0.4 is 65.9 Å². The molecule has 0 aliphatic carbocycles. The number of carboxylic acids is 1. The molecule has 18 N–H and O–H groups in total. The van der Waals surface area contributed by atoms with Crippen molar-refractivity contribution in [3.8, 4) is 0 Å². The topological polar surface area (TPSA) is 438 Å². The third-order valence-corrected chi connectivity index (χ3v) is 11.8. The Morgan fingerprint density at radius 1 is 0.613 bits per heavy atom. The fraction of sp³-hybridized carbons (Fsp3) is 0.510. The van der Waals surface area contributed by atoms with E-state index in [2.05, 4.69) is 42.2 Å². The van der Waals surface area contributed by atoms with E-state index in [-0.39, 0.29) is 63.5 Å². The first kappa shape index (κ1) is 61.1. The highest BCUT2D eigenvalue weighted by molar-refractivity contribution is 5.99. The molecule has 0 bridgehead atoms. The first-order valence-electron chi connectivity index (χ1n) is 24.5. The molecule has 0 aromatic heterocycles. The van der Waals surface area contributed by atoms with Gasteiger partial charge < -0.3 is 75.9 Å². The molecule has 1 fully saturated rings. The molecule has 2 aromatic rings. The van der Waals surface area contributed by atoms with Crippen LogP contribution in [-0.2, 0) is 65.6 Å². The van der Waals surface area contributed by atoms with E-state index in [1.807, 2.05) is 13.8 Å². The molecule has 10 amide bonds. The molecule has 1 saturated heterocycles. The lowest BCUT2D eigenvalue weighted by atomic mass is 10.0. The normalized spacial score (nSPS) is 16.2. The summed E-state index contributed by atoms with van der Waals surface area (Å²) in [6, 6.07) is 4.59. The summed E-state index contributed by atoms with van der Waals surface area (Å²) in [6.45, 7) is 6.37. The molecule has 2 aromatic carbocycles. The van der Waals surface area contributed by atoms with E-state index in [4.69, 9.17) is 28.7 Å². The SMILES string of the molecule is CC(C)CC(NC(=O)C(CCCN=C(N)N)NC(=O)C1CCCN1C(=O)C(CC(N)=O)NC(=O)C(Cc1ccccc1)NC(=O)C(C)NC(=O)C(Cc1ccccc1)NC(=O)C(CC(=O)O)NC(=O)C(C)N)C(N)=O. The summed E-state index contributed by atoms with van der Waals surface area (Å²) in [6.07, 6.45) is -1.03. The second-order valence-corrected chi connectivity index (χ2v) is 18.7. The van der Waals surface area contributed by atoms with Gasteiger partial charge in [0, 0.05) is 25.9 Å². The lowest BCUT2D eigenvalue weighted by Gasteiger charge is -2.31. The van der Waals surface area contributed by atoms with Crippen LogP contribution in [0.2, 0.25) is 0 Å². The number of rotatable bonds is 30. The van der Waals surface area contributed by atoms with Crippen LogP contribution in [0.25, 0.3) is 0 Å². The van der Waals surface area contributed by atoms with Crippen molar-refractivity contribution in [3.05, 3.63) is 71.8 Å². The summed E-state index contributed by atoms with van der Waals surface area (Å²) >= 11 is 0. The van der Waals surface area contributed by atoms with Gasteiger partial charge in [0.05, 0.1) is 18.9 Å². The van der Waals surface area contributed by atoms with E-state index < -0.39 is 132 Å². The van der Waals surface area contributed by atoms with Gasteiger partial charge in [0.1, 0.15) is 48.3 Å². The third kappa shape index (κ3) is 21.1. The summed E-state index contributed by atoms with van der Waals surface area (Å²) in [7, 11) is 0. The lowest BCUT2D eigenvalue weighted by molar-refractivity contribution is -0.143. The molecule has 0 spiro atoms. The number of primary amides is 2. The van der Waals surface area contributed by atoms with Gasteiger partial charge in [-0.3, -0.25) is 57.7 Å². The summed E-state index contributed by atoms with van der Waals surface area (Å²) in [5.41, 5.74) is 28.8. The fourth-order valence-corrected chi connectivity index (χ4v) is 7.96. The third-order valence-electron chi connectivity index (χ3n) is 11.8. The minimum Gasteiger partial charge on any atom is -0.481 e. The highest BCUT2D eigenvalue weighted by Gasteiger charge is 2.41. The monoisotopic (exact) mass is 1050 g/mol. The van der Waals surface area contributed by atoms with E-state index in [1.165, 1.54) is 13.8 Å². The number of nitrogens with two attached hydrogens (primary N) is 5. The quantitative estimate of drug-likeness (QED) is 0.0203. The van der Waals surface area contributed by atoms with Gasteiger partial charge in [-0.1, -0.05) is 74.5 Å². The van der Waals surface area contributed by atoms with Crippen LogP contribution in [-0.4, -0.2) is 148 Å². The Kier molecular flexibility index (Phi) is 24.6. The number of aliphatic carboxylic acids is 1. The first-order valence-corrected chi connectivity index (χ1v) is 24.5. The molecule has 0 radical (unpaired) electrons. The molecular formula is C49H72N14O12. The van der Waals surface area contributed by atoms with Crippen molar-refractivity contribution in [3.63, 3.8) is 0 Å². The molecule has 3 rings (SSSR count). The van der Waals surface area contributed by atoms with Gasteiger partial charge in [0.15, 0.2) is 5.96 Å². The van der Waals surface area contributed by atoms with Crippen molar-refractivity contribution >= 4 is 71.0 Å². The average Bonchev–Trinajstić information content (AvgIpc) is 3.84. The zero-order chi connectivity index (χ0) is 55.9. The minimum atomic E-state index is -1.66. The van der Waals surface area contributed by atoms with Crippen molar-refractivity contribution in [1.29, 1.82) is 0 Å². The van der Waals surface area contributed by atoms with Crippen molar-refractivity contribution in [2.75, 3.05) is 13.1 Å². The van der Waals surface area contributed by atoms with Gasteiger partial charge in [-0.2, -0.15) is 0 Å². The first-order chi connectivity index (χ1) is 35.4. The molecule has 1 aliphatic heterocycles. The zero-order valence-electron chi connectivity index (χ0n) is 42.5. The van der Waals surface area contributed by atoms with Crippen LogP contribution in [0.15, 0.2) is 65.7 Å². The molecular weight excluding hydrogens is 977 g/mol. The predicted octanol–water partition coefficient (Wildman–Crippen LogP) is -3.84. The Hall–Kier alpha value is -8.16. The molecule has 75 heavy (non-hydrogen) atoms. The van der Waals surface area contributed by atoms with Crippen LogP contribution in [0, 0.1) is 5.92 Å². The standard InChI is InChI=1S/C49H72N14O12/c1-26(2)21-32(40(52)67)58-43(70)31(17-11-19-55-49(53)54)57-47(74)37-18-12-20-63(37)48(75)36(24-38(51)64)62-45(72)34(23-30-15-9-6-10-16-30)60-42(69)28(4)56-44(71)33(22-29-13-7-5-8-14-29)61-46(73)35(25-39(65)66)59-41(68)27(3)50/h5-10,13-16,26-28,31-37H,11-12,17-25,50H2,1-4H3,(H2,51,64)(H2,52,67)(H,56,71)(H,57,74)(H,58,70)(H,59,68)(H,60,69)(H,61,73)(H,62,72)(H,65,66)(H4,53,54,55). The maximum absolute atomic E-state index is 14.4. The Bertz CT molecular complexity index is 2370. The van der Waals surface area contributed by atoms with Crippen LogP contribution in [0.3, 0.4) is 0 Å². The van der Waals surface area contributed by atoms with Crippen LogP contribution in [0.5, 0.6) is 0 Å². The maximum Gasteiger partial charge on any atom is 0.305 e. The summed E-state index contributed by atoms with van der Waals surface area (Å²) in [5, 5.41) is 27.1. The van der Waals surface area contributed by atoms with E-state index in [1.54, 1.807) is 60.7 Å². The Labute approximate surface area is 434 Å². The number of nitrogens with one attached hydrogen (secondary N) is 7. The number of carboxylic acid groups (broad SMARTS) is 1. The number of benzene rings is 2. The van der Waals surface area contributed by atoms with E-state index >= 15 is 0 Å². The van der Waals surface area contributed by atoms with Gasteiger partial charge in [-0.05, 0) is 63.0 Å². The van der Waals surface area contributed by atoms with Crippen molar-refractivity contribution in [2.45, 2.75) is 140 Å². The molecule has 26 heteroatoms. The molecule has 9 unspecified atom stereocenters. The second-order valence-electron chi connectivity index (χ2n) is 18.7. The van der Waals surface area contributed by atoms with Gasteiger partial charge in [0.2, 0.25) is 59.1 Å². The number of aliphatic imine (C=N–C) groups is 1. The smallest absolute Gasteiger partial charge is 0.305 e. The van der Waals surface area contributed by atoms with E-state index in [9.17, 15) is 57.8 Å². The molecule has 26 nitrogen and oxygen atoms in total. The van der Waals surface area contributed by atoms with E-state index in [0.717, 1.165) is 4.90 Å². The highest BCUT2D eigenvalue weighted by Crippen LogP contribution is 2.21. The zero-order valence-corrected chi connectivity index (χ0v) is 42.5. The molecule has 1 heterocycles. The fourth-order valence-electron chi connectivity index (χ4n) is 7.96. The second kappa shape index (κ2) is 30.1. The Balaban J connectivity index is 1.87. The van der Waals surface area contributed by atoms with Crippen LogP contribution >= 0.6 is 0 Å². The van der Waals surface area contributed by atoms with Gasteiger partial charge in [-0.25, -0.2) is 0 Å². The molecule has 1 aliphatic rings. The van der Waals surface area contributed by atoms with Crippen LogP contribution in [0.4, 0.5) is 0 Å². The Morgan fingerprint density at radius 3 is 1.61 bits per heavy atom. The number of likely N-dealkylation sites (tertiary alicyclic amines) is 1. The number of nitrogens with zero attached hydrogens (tertiary/aromatic N) is 2. The number of carbonyl (C=O) groups excluding carboxylic acids is 10. The number of carbonyl (C=O) groups is 11. The van der Waals surface area contributed by atoms with Gasteiger partial charge in [-0.15, -0.1) is 0 Å². The molecule has 9 atom stereocenters. The maximum atomic E-state index is 14.4. The molecule has 0 saturated carbocycles. The number of hydrogen-bond donors (Lipinski definition) is 13. The summed E-state index contributed by atoms with van der Waals surface area (Å²) in [4.78, 5) is 151. The summed E-state index contributed by atoms with van der Waals surface area (Å²) < 4.78 is 0. The van der Waals surface area contributed by atoms with Gasteiger partial charge >= 0.3 is 5.97 Å². The van der Waals surface area contributed by atoms with E-state index in [0.29, 0.717) is 17.5 Å². The average molecular weight is 1050 g/mol. The van der Waals surface area contributed by atoms with Crippen molar-refractivity contribution < 1.29 is 57.8 Å². The van der Waals surface area contributed by atoms with Crippen molar-refractivity contribution in [2.24, 2.45) is 39.6 Å². The lowest BCUT2D eigenvalue weighted by Crippen LogP contribution is -2.60. The molecule has 410 valence electrons. The van der Waals surface area contributed by atoms with Gasteiger partial charge in [0.25, 0.3) is 0 Å². The number of hydrogen-bond acceptors (Lipinski definition) is 13. The number of amides is 10. The largest absolute Gasteiger partial charge is 0.481 e. The highest BCUT2D eigenvalue weighted by atomic mass is 16.4.